The van der Waals surface area contributed by atoms with Crippen molar-refractivity contribution >= 4 is 11.9 Å². The minimum absolute atomic E-state index is 0.0565. The number of ether oxygens (including phenoxy) is 2. The van der Waals surface area contributed by atoms with Crippen LogP contribution >= 0.6 is 0 Å². The van der Waals surface area contributed by atoms with Crippen LogP contribution in [-0.2, 0) is 4.74 Å². The molecule has 4 aromatic rings. The summed E-state index contributed by atoms with van der Waals surface area (Å²) in [5, 5.41) is 49.8. The molecule has 0 aromatic heterocycles. The first-order valence-electron chi connectivity index (χ1n) is 12.1. The van der Waals surface area contributed by atoms with Crippen LogP contribution in [0.5, 0.6) is 34.5 Å². The van der Waals surface area contributed by atoms with Gasteiger partial charge in [-0.15, -0.1) is 0 Å². The van der Waals surface area contributed by atoms with E-state index in [2.05, 4.69) is 0 Å². The fourth-order valence-corrected chi connectivity index (χ4v) is 4.90. The zero-order valence-corrected chi connectivity index (χ0v) is 20.9. The molecule has 5 N–H and O–H groups in total. The number of benzene rings is 4. The van der Waals surface area contributed by atoms with Gasteiger partial charge in [0.1, 0.15) is 40.6 Å². The molecule has 0 spiro atoms. The predicted molar refractivity (Wildman–Crippen MR) is 143 cm³/mol. The zero-order valence-electron chi connectivity index (χ0n) is 20.9. The van der Waals surface area contributed by atoms with Crippen molar-refractivity contribution in [3.63, 3.8) is 0 Å². The molecule has 1 aliphatic rings. The van der Waals surface area contributed by atoms with E-state index in [9.17, 15) is 30.3 Å². The van der Waals surface area contributed by atoms with E-state index in [4.69, 9.17) is 9.47 Å². The molecule has 8 nitrogen and oxygen atoms in total. The van der Waals surface area contributed by atoms with Gasteiger partial charge in [0.25, 0.3) is 0 Å². The van der Waals surface area contributed by atoms with Crippen LogP contribution in [0.25, 0.3) is 6.08 Å². The van der Waals surface area contributed by atoms with Gasteiger partial charge in [-0.05, 0) is 65.7 Å². The monoisotopic (exact) mass is 526 g/mol. The van der Waals surface area contributed by atoms with Gasteiger partial charge in [0.2, 0.25) is 0 Å². The van der Waals surface area contributed by atoms with E-state index in [1.807, 2.05) is 6.07 Å². The van der Waals surface area contributed by atoms with Gasteiger partial charge < -0.3 is 35.0 Å². The Bertz CT molecular complexity index is 1560. The lowest BCUT2D eigenvalue weighted by atomic mass is 9.82. The highest BCUT2D eigenvalue weighted by Gasteiger charge is 2.42. The average Bonchev–Trinajstić information content (AvgIpc) is 3.28. The van der Waals surface area contributed by atoms with E-state index < -0.39 is 23.9 Å². The van der Waals surface area contributed by atoms with Gasteiger partial charge >= 0.3 is 0 Å². The summed E-state index contributed by atoms with van der Waals surface area (Å²) in [6, 6.07) is 20.2. The maximum Gasteiger partial charge on any atom is 0.189 e. The van der Waals surface area contributed by atoms with Crippen molar-refractivity contribution in [3.8, 4) is 34.5 Å². The summed E-state index contributed by atoms with van der Waals surface area (Å²) in [5.74, 6) is -0.855. The summed E-state index contributed by atoms with van der Waals surface area (Å²) in [4.78, 5) is 12.7. The summed E-state index contributed by atoms with van der Waals surface area (Å²) in [7, 11) is 1.52. The Kier molecular flexibility index (Phi) is 6.87. The van der Waals surface area contributed by atoms with Crippen LogP contribution in [0.2, 0.25) is 0 Å². The van der Waals surface area contributed by atoms with Crippen LogP contribution in [0.1, 0.15) is 50.7 Å². The number of allylic oxidation sites excluding steroid dienone is 1. The summed E-state index contributed by atoms with van der Waals surface area (Å²) in [6.07, 6.45) is 1.73. The van der Waals surface area contributed by atoms with Gasteiger partial charge in [0, 0.05) is 30.4 Å². The molecule has 4 aromatic carbocycles. The standard InChI is InChI=1S/C31H26O8/c1-38-31(23-11-9-21(34)16-27(23)37)29-24-14-17(2-12-25(35)22-10-8-20(33)15-26(22)36)3-13-28(24)39-30(29)18-4-6-19(32)7-5-18/h2-16,29-34,36-37H,1H3/b12-2+/t29-,30-,31-/m1/s1. The lowest BCUT2D eigenvalue weighted by molar-refractivity contribution is 0.0436. The highest BCUT2D eigenvalue weighted by molar-refractivity contribution is 6.08. The summed E-state index contributed by atoms with van der Waals surface area (Å²) < 4.78 is 12.3. The number of carbonyl (C=O) groups excluding carboxylic acids is 1. The maximum absolute atomic E-state index is 12.7. The lowest BCUT2D eigenvalue weighted by Gasteiger charge is -2.28. The molecule has 1 aliphatic heterocycles. The first-order chi connectivity index (χ1) is 18.7. The van der Waals surface area contributed by atoms with Crippen molar-refractivity contribution in [1.29, 1.82) is 0 Å². The number of rotatable bonds is 7. The molecule has 198 valence electrons. The first-order valence-corrected chi connectivity index (χ1v) is 12.1. The van der Waals surface area contributed by atoms with Gasteiger partial charge in [-0.25, -0.2) is 0 Å². The molecule has 0 amide bonds. The number of hydrogen-bond acceptors (Lipinski definition) is 8. The molecular formula is C31H26O8. The minimum atomic E-state index is -0.680. The Morgan fingerprint density at radius 1 is 0.821 bits per heavy atom. The molecule has 0 bridgehead atoms. The molecule has 0 aliphatic carbocycles. The van der Waals surface area contributed by atoms with E-state index in [-0.39, 0.29) is 34.3 Å². The van der Waals surface area contributed by atoms with E-state index in [0.717, 1.165) is 17.2 Å². The smallest absolute Gasteiger partial charge is 0.189 e. The molecule has 0 fully saturated rings. The normalized spacial score (nSPS) is 17.1. The second kappa shape index (κ2) is 10.4. The molecule has 1 heterocycles. The highest BCUT2D eigenvalue weighted by Crippen LogP contribution is 2.54. The SMILES string of the molecule is CO[C@H](c1ccc(O)cc1O)[C@@H]1c2cc(/C=C/C(=O)c3ccc(O)cc3O)ccc2O[C@@H]1c1ccc(O)cc1. The quantitative estimate of drug-likeness (QED) is 0.152. The molecule has 0 saturated heterocycles. The minimum Gasteiger partial charge on any atom is -0.508 e. The van der Waals surface area contributed by atoms with Gasteiger partial charge in [-0.1, -0.05) is 24.3 Å². The highest BCUT2D eigenvalue weighted by atomic mass is 16.5. The van der Waals surface area contributed by atoms with Crippen LogP contribution in [0.15, 0.2) is 84.9 Å². The molecule has 5 rings (SSSR count). The molecule has 0 saturated carbocycles. The van der Waals surface area contributed by atoms with Crippen LogP contribution in [0.4, 0.5) is 0 Å². The summed E-state index contributed by atoms with van der Waals surface area (Å²) in [5.41, 5.74) is 2.75. The van der Waals surface area contributed by atoms with Gasteiger partial charge in [0.15, 0.2) is 5.78 Å². The van der Waals surface area contributed by atoms with Crippen molar-refractivity contribution in [2.75, 3.05) is 7.11 Å². The predicted octanol–water partition coefficient (Wildman–Crippen LogP) is 5.72. The fraction of sp³-hybridized carbons (Fsp3) is 0.129. The summed E-state index contributed by atoms with van der Waals surface area (Å²) >= 11 is 0. The number of phenols is 5. The van der Waals surface area contributed by atoms with Crippen LogP contribution < -0.4 is 4.74 Å². The first kappa shape index (κ1) is 25.7. The van der Waals surface area contributed by atoms with Crippen molar-refractivity contribution in [1.82, 2.24) is 0 Å². The van der Waals surface area contributed by atoms with Crippen molar-refractivity contribution in [2.24, 2.45) is 0 Å². The number of methoxy groups -OCH3 is 1. The van der Waals surface area contributed by atoms with Crippen molar-refractivity contribution in [3.05, 3.63) is 113 Å². The van der Waals surface area contributed by atoms with E-state index in [1.54, 1.807) is 48.5 Å². The Hall–Kier alpha value is -4.95. The molecular weight excluding hydrogens is 500 g/mol. The molecule has 39 heavy (non-hydrogen) atoms. The van der Waals surface area contributed by atoms with Crippen LogP contribution in [0.3, 0.4) is 0 Å². The molecule has 3 atom stereocenters. The third kappa shape index (κ3) is 5.10. The van der Waals surface area contributed by atoms with Crippen molar-refractivity contribution in [2.45, 2.75) is 18.1 Å². The number of phenolic OH excluding ortho intramolecular Hbond substituents is 5. The fourth-order valence-electron chi connectivity index (χ4n) is 4.90. The second-order valence-electron chi connectivity index (χ2n) is 9.25. The lowest BCUT2D eigenvalue weighted by Crippen LogP contribution is -2.19. The zero-order chi connectivity index (χ0) is 27.7. The van der Waals surface area contributed by atoms with Gasteiger partial charge in [-0.2, -0.15) is 0 Å². The van der Waals surface area contributed by atoms with Crippen LogP contribution in [0, 0.1) is 0 Å². The number of carbonyl (C=O) groups is 1. The van der Waals surface area contributed by atoms with E-state index in [1.165, 1.54) is 37.5 Å². The van der Waals surface area contributed by atoms with Gasteiger partial charge in [0.05, 0.1) is 17.6 Å². The van der Waals surface area contributed by atoms with E-state index >= 15 is 0 Å². The third-order valence-electron chi connectivity index (χ3n) is 6.77. The van der Waals surface area contributed by atoms with Crippen molar-refractivity contribution < 1.29 is 39.8 Å². The van der Waals surface area contributed by atoms with Crippen LogP contribution in [-0.4, -0.2) is 38.4 Å². The summed E-state index contributed by atoms with van der Waals surface area (Å²) in [6.45, 7) is 0. The Balaban J connectivity index is 1.54. The third-order valence-corrected chi connectivity index (χ3v) is 6.77. The van der Waals surface area contributed by atoms with Gasteiger partial charge in [-0.3, -0.25) is 4.79 Å². The number of ketones is 1. The Labute approximate surface area is 224 Å². The maximum atomic E-state index is 12.7. The Morgan fingerprint density at radius 3 is 2.15 bits per heavy atom. The molecule has 8 heteroatoms. The largest absolute Gasteiger partial charge is 0.508 e. The second-order valence-corrected chi connectivity index (χ2v) is 9.25. The molecule has 0 unspecified atom stereocenters. The number of aromatic hydroxyl groups is 5. The number of fused-ring (bicyclic) bond motifs is 1. The topological polar surface area (TPSA) is 137 Å². The Morgan fingerprint density at radius 2 is 1.49 bits per heavy atom. The average molecular weight is 527 g/mol. The number of hydrogen-bond donors (Lipinski definition) is 5. The molecule has 0 radical (unpaired) electrons. The van der Waals surface area contributed by atoms with E-state index in [0.29, 0.717) is 16.9 Å².